The van der Waals surface area contributed by atoms with Crippen molar-refractivity contribution in [3.05, 3.63) is 72.3 Å². The molecule has 0 radical (unpaired) electrons. The number of benzene rings is 1. The van der Waals surface area contributed by atoms with E-state index in [-0.39, 0.29) is 22.6 Å². The van der Waals surface area contributed by atoms with E-state index in [1.807, 2.05) is 57.2 Å². The average molecular weight is 628 g/mol. The Balaban J connectivity index is 1.05. The number of rotatable bonds is 7. The van der Waals surface area contributed by atoms with Crippen molar-refractivity contribution in [2.24, 2.45) is 4.99 Å². The Hall–Kier alpha value is -4.98. The maximum Gasteiger partial charge on any atom is 0.324 e. The van der Waals surface area contributed by atoms with Gasteiger partial charge in [0.2, 0.25) is 11.8 Å². The van der Waals surface area contributed by atoms with Gasteiger partial charge >= 0.3 is 12.0 Å². The first-order valence-corrected chi connectivity index (χ1v) is 15.3. The minimum absolute atomic E-state index is 0.141. The monoisotopic (exact) mass is 627 g/mol. The van der Waals surface area contributed by atoms with Gasteiger partial charge in [0.25, 0.3) is 0 Å². The van der Waals surface area contributed by atoms with Gasteiger partial charge in [-0.3, -0.25) is 20.0 Å². The van der Waals surface area contributed by atoms with Gasteiger partial charge in [-0.25, -0.2) is 24.4 Å². The molecule has 0 bridgehead atoms. The quantitative estimate of drug-likeness (QED) is 0.268. The number of thioether (sulfide) groups is 1. The number of carbonyl (C=O) groups is 2. The van der Waals surface area contributed by atoms with Gasteiger partial charge in [0.15, 0.2) is 5.17 Å². The summed E-state index contributed by atoms with van der Waals surface area (Å²) >= 11 is 1.62. The topological polar surface area (TPSA) is 149 Å². The smallest absolute Gasteiger partial charge is 0.324 e. The first-order valence-electron chi connectivity index (χ1n) is 14.5. The lowest BCUT2D eigenvalue weighted by molar-refractivity contribution is -0.124. The molecule has 3 amide bonds. The molecule has 0 spiro atoms. The van der Waals surface area contributed by atoms with E-state index < -0.39 is 6.03 Å². The number of anilines is 2. The van der Waals surface area contributed by atoms with Crippen molar-refractivity contribution in [1.29, 1.82) is 0 Å². The predicted molar refractivity (Wildman–Crippen MR) is 171 cm³/mol. The second-order valence-corrected chi connectivity index (χ2v) is 12.7. The molecule has 2 N–H and O–H groups in total. The molecule has 1 saturated heterocycles. The van der Waals surface area contributed by atoms with Crippen LogP contribution in [0.1, 0.15) is 50.1 Å². The van der Waals surface area contributed by atoms with Crippen LogP contribution in [0.2, 0.25) is 0 Å². The van der Waals surface area contributed by atoms with E-state index in [1.54, 1.807) is 40.7 Å². The zero-order chi connectivity index (χ0) is 31.6. The van der Waals surface area contributed by atoms with Crippen molar-refractivity contribution in [3.63, 3.8) is 0 Å². The average Bonchev–Trinajstić information content (AvgIpc) is 3.78. The lowest BCUT2D eigenvalue weighted by atomic mass is 9.92. The number of nitrogens with one attached hydrogen (secondary N) is 2. The molecule has 4 aromatic rings. The van der Waals surface area contributed by atoms with Crippen molar-refractivity contribution in [3.8, 4) is 23.3 Å². The standard InChI is InChI=1S/C31H33N9O4S/c1-31(2,3)24-14-25(40(38-24)21-9-12-26(43-4)32-17-21)37-28(42)36-20-15-33-29(34-16-20)44-22-10-7-19(8-11-22)23-18-35-30(45-23)39-13-5-6-27(39)41/h7-12,14-17,23H,5-6,13,18H2,1-4H3,(H2,36,37,42). The van der Waals surface area contributed by atoms with Crippen LogP contribution in [-0.2, 0) is 10.2 Å². The number of hydrogen-bond donors (Lipinski definition) is 2. The predicted octanol–water partition coefficient (Wildman–Crippen LogP) is 5.57. The highest BCUT2D eigenvalue weighted by atomic mass is 32.2. The van der Waals surface area contributed by atoms with Crippen LogP contribution in [0, 0.1) is 0 Å². The second-order valence-electron chi connectivity index (χ2n) is 11.5. The summed E-state index contributed by atoms with van der Waals surface area (Å²) in [6, 6.07) is 12.7. The number of hydrogen-bond acceptors (Lipinski definition) is 10. The highest BCUT2D eigenvalue weighted by Gasteiger charge is 2.31. The normalized spacial score (nSPS) is 16.4. The molecule has 6 rings (SSSR count). The van der Waals surface area contributed by atoms with Gasteiger partial charge in [-0.1, -0.05) is 44.7 Å². The molecule has 0 saturated carbocycles. The Kier molecular flexibility index (Phi) is 8.39. The molecular formula is C31H33N9O4S. The van der Waals surface area contributed by atoms with Crippen molar-refractivity contribution in [1.82, 2.24) is 29.6 Å². The summed E-state index contributed by atoms with van der Waals surface area (Å²) in [5, 5.41) is 11.3. The van der Waals surface area contributed by atoms with Crippen molar-refractivity contribution < 1.29 is 19.1 Å². The first-order chi connectivity index (χ1) is 21.7. The summed E-state index contributed by atoms with van der Waals surface area (Å²) in [6.45, 7) is 7.51. The Morgan fingerprint density at radius 2 is 1.80 bits per heavy atom. The Bertz CT molecular complexity index is 1720. The van der Waals surface area contributed by atoms with Crippen molar-refractivity contribution in [2.45, 2.75) is 44.3 Å². The van der Waals surface area contributed by atoms with Crippen LogP contribution in [-0.4, -0.2) is 66.9 Å². The van der Waals surface area contributed by atoms with Crippen LogP contribution < -0.4 is 20.1 Å². The van der Waals surface area contributed by atoms with Gasteiger partial charge < -0.3 is 14.8 Å². The molecule has 5 heterocycles. The minimum Gasteiger partial charge on any atom is -0.481 e. The molecule has 14 heteroatoms. The Labute approximate surface area is 264 Å². The van der Waals surface area contributed by atoms with E-state index >= 15 is 0 Å². The molecule has 45 heavy (non-hydrogen) atoms. The number of nitrogens with zero attached hydrogens (tertiary/aromatic N) is 7. The van der Waals surface area contributed by atoms with Crippen LogP contribution in [0.25, 0.3) is 5.69 Å². The van der Waals surface area contributed by atoms with Crippen LogP contribution >= 0.6 is 11.8 Å². The maximum absolute atomic E-state index is 12.9. The van der Waals surface area contributed by atoms with E-state index in [0.29, 0.717) is 41.8 Å². The van der Waals surface area contributed by atoms with Crippen LogP contribution in [0.5, 0.6) is 17.6 Å². The second kappa shape index (κ2) is 12.6. The molecule has 2 aliphatic rings. The van der Waals surface area contributed by atoms with Gasteiger partial charge in [0.05, 0.1) is 54.6 Å². The molecule has 13 nitrogen and oxygen atoms in total. The number of aliphatic imine (C=N–C) groups is 1. The number of amides is 3. The summed E-state index contributed by atoms with van der Waals surface area (Å²) in [5.74, 6) is 1.67. The number of ether oxygens (including phenoxy) is 2. The maximum atomic E-state index is 12.9. The first kappa shape index (κ1) is 30.1. The molecule has 1 aromatic carbocycles. The van der Waals surface area contributed by atoms with Crippen LogP contribution in [0.15, 0.2) is 66.0 Å². The van der Waals surface area contributed by atoms with Gasteiger partial charge in [-0.05, 0) is 30.2 Å². The highest BCUT2D eigenvalue weighted by molar-refractivity contribution is 8.14. The van der Waals surface area contributed by atoms with Crippen molar-refractivity contribution in [2.75, 3.05) is 30.8 Å². The number of aromatic nitrogens is 5. The zero-order valence-corrected chi connectivity index (χ0v) is 26.2. The molecule has 1 unspecified atom stereocenters. The van der Waals surface area contributed by atoms with E-state index in [2.05, 4.69) is 30.6 Å². The van der Waals surface area contributed by atoms with Crippen LogP contribution in [0.4, 0.5) is 16.3 Å². The third-order valence-corrected chi connectivity index (χ3v) is 8.45. The molecule has 1 atom stereocenters. The third-order valence-electron chi connectivity index (χ3n) is 7.19. The SMILES string of the molecule is COc1ccc(-n2nc(C(C)(C)C)cc2NC(=O)Nc2cnc(Oc3ccc(C4CN=C(N5CCCC5=O)S4)cc3)nc2)cn1. The summed E-state index contributed by atoms with van der Waals surface area (Å²) in [4.78, 5) is 44.1. The molecule has 232 valence electrons. The van der Waals surface area contributed by atoms with Gasteiger partial charge in [-0.15, -0.1) is 0 Å². The summed E-state index contributed by atoms with van der Waals surface area (Å²) in [6.07, 6.45) is 6.04. The van der Waals surface area contributed by atoms with Crippen LogP contribution in [0.3, 0.4) is 0 Å². The third kappa shape index (κ3) is 6.90. The fourth-order valence-corrected chi connectivity index (χ4v) is 5.92. The summed E-state index contributed by atoms with van der Waals surface area (Å²) in [5.41, 5.74) is 2.70. The van der Waals surface area contributed by atoms with Crippen molar-refractivity contribution >= 4 is 40.4 Å². The lowest BCUT2D eigenvalue weighted by Crippen LogP contribution is -2.28. The number of urea groups is 1. The number of pyridine rings is 1. The summed E-state index contributed by atoms with van der Waals surface area (Å²) < 4.78 is 12.6. The van der Waals surface area contributed by atoms with Gasteiger partial charge in [0, 0.05) is 30.5 Å². The van der Waals surface area contributed by atoms with E-state index in [4.69, 9.17) is 14.6 Å². The number of amidine groups is 1. The van der Waals surface area contributed by atoms with Gasteiger partial charge in [-0.2, -0.15) is 5.10 Å². The number of carbonyl (C=O) groups excluding carboxylic acids is 2. The Morgan fingerprint density at radius 1 is 1.02 bits per heavy atom. The molecule has 3 aromatic heterocycles. The van der Waals surface area contributed by atoms with E-state index in [9.17, 15) is 9.59 Å². The summed E-state index contributed by atoms with van der Waals surface area (Å²) in [7, 11) is 1.55. The zero-order valence-electron chi connectivity index (χ0n) is 25.4. The van der Waals surface area contributed by atoms with E-state index in [1.165, 1.54) is 12.4 Å². The van der Waals surface area contributed by atoms with Gasteiger partial charge in [0.1, 0.15) is 11.6 Å². The molecule has 0 aliphatic carbocycles. The lowest BCUT2D eigenvalue weighted by Gasteiger charge is -2.15. The number of methoxy groups -OCH3 is 1. The number of likely N-dealkylation sites (tertiary alicyclic amines) is 1. The molecular weight excluding hydrogens is 594 g/mol. The minimum atomic E-state index is -0.489. The fourth-order valence-electron chi connectivity index (χ4n) is 4.76. The largest absolute Gasteiger partial charge is 0.481 e. The molecule has 1 fully saturated rings. The van der Waals surface area contributed by atoms with E-state index in [0.717, 1.165) is 29.4 Å². The highest BCUT2D eigenvalue weighted by Crippen LogP contribution is 2.38. The Morgan fingerprint density at radius 3 is 2.44 bits per heavy atom. The molecule has 2 aliphatic heterocycles. The fraction of sp³-hybridized carbons (Fsp3) is 0.323.